The molecule has 0 bridgehead atoms. The fraction of sp³-hybridized carbons (Fsp3) is 0.423. The van der Waals surface area contributed by atoms with Gasteiger partial charge in [0.05, 0.1) is 27.3 Å². The number of aliphatic hydroxyl groups excluding tert-OH is 1. The van der Waals surface area contributed by atoms with Crippen LogP contribution >= 0.6 is 11.3 Å². The Labute approximate surface area is 221 Å². The summed E-state index contributed by atoms with van der Waals surface area (Å²) < 4.78 is 50.6. The SMILES string of the molecule is Cc1nc2cc(OC[C@H](O)CN3CCN(Cc4noc(-c5ccc(C(F)(F)F)cc5)n4)[C@@H](C)C3)ccc2s1. The summed E-state index contributed by atoms with van der Waals surface area (Å²) in [5.41, 5.74) is 0.613. The molecule has 1 fully saturated rings. The Hall–Kier alpha value is -3.06. The number of β-amino-alcohol motifs (C(OH)–C–C–N with tert-alkyl or cyclic N) is 1. The molecule has 3 heterocycles. The second kappa shape index (κ2) is 11.0. The van der Waals surface area contributed by atoms with Gasteiger partial charge in [0.15, 0.2) is 5.82 Å². The molecule has 0 aliphatic carbocycles. The number of piperazine rings is 1. The van der Waals surface area contributed by atoms with Gasteiger partial charge in [-0.2, -0.15) is 18.2 Å². The Kier molecular flexibility index (Phi) is 7.66. The van der Waals surface area contributed by atoms with Gasteiger partial charge in [0.2, 0.25) is 0 Å². The van der Waals surface area contributed by atoms with Crippen LogP contribution in [-0.4, -0.2) is 75.0 Å². The second-order valence-corrected chi connectivity index (χ2v) is 10.7. The lowest BCUT2D eigenvalue weighted by molar-refractivity contribution is -0.137. The van der Waals surface area contributed by atoms with Crippen molar-refractivity contribution in [1.29, 1.82) is 0 Å². The molecule has 8 nitrogen and oxygen atoms in total. The van der Waals surface area contributed by atoms with Crippen molar-refractivity contribution in [3.63, 3.8) is 0 Å². The fourth-order valence-corrected chi connectivity index (χ4v) is 5.35. The summed E-state index contributed by atoms with van der Waals surface area (Å²) >= 11 is 1.64. The molecule has 2 aromatic heterocycles. The summed E-state index contributed by atoms with van der Waals surface area (Å²) in [6, 6.07) is 10.6. The van der Waals surface area contributed by atoms with Crippen LogP contribution in [0.3, 0.4) is 0 Å². The monoisotopic (exact) mass is 547 g/mol. The number of fused-ring (bicyclic) bond motifs is 1. The lowest BCUT2D eigenvalue weighted by atomic mass is 10.1. The molecule has 1 N–H and O–H groups in total. The number of rotatable bonds is 8. The van der Waals surface area contributed by atoms with Gasteiger partial charge in [0.1, 0.15) is 18.5 Å². The number of aryl methyl sites for hydroxylation is 1. The van der Waals surface area contributed by atoms with Crippen molar-refractivity contribution in [3.05, 3.63) is 58.9 Å². The number of hydrogen-bond donors (Lipinski definition) is 1. The normalized spacial score (nSPS) is 18.2. The predicted molar refractivity (Wildman–Crippen MR) is 137 cm³/mol. The van der Waals surface area contributed by atoms with E-state index in [2.05, 4.69) is 31.8 Å². The first-order valence-corrected chi connectivity index (χ1v) is 13.1. The first-order chi connectivity index (χ1) is 18.1. The van der Waals surface area contributed by atoms with Crippen molar-refractivity contribution >= 4 is 21.6 Å². The van der Waals surface area contributed by atoms with Crippen LogP contribution in [-0.2, 0) is 12.7 Å². The Balaban J connectivity index is 1.09. The summed E-state index contributed by atoms with van der Waals surface area (Å²) in [6.45, 7) is 7.48. The zero-order valence-electron chi connectivity index (χ0n) is 21.0. The molecule has 5 rings (SSSR count). The van der Waals surface area contributed by atoms with Crippen molar-refractivity contribution in [2.75, 3.05) is 32.8 Å². The Morgan fingerprint density at radius 3 is 2.68 bits per heavy atom. The van der Waals surface area contributed by atoms with E-state index in [4.69, 9.17) is 9.26 Å². The Morgan fingerprint density at radius 1 is 1.16 bits per heavy atom. The van der Waals surface area contributed by atoms with E-state index in [0.29, 0.717) is 30.2 Å². The van der Waals surface area contributed by atoms with Gasteiger partial charge in [0.25, 0.3) is 5.89 Å². The third kappa shape index (κ3) is 6.32. The van der Waals surface area contributed by atoms with E-state index in [0.717, 1.165) is 47.0 Å². The molecule has 202 valence electrons. The first kappa shape index (κ1) is 26.5. The minimum absolute atomic E-state index is 0.181. The second-order valence-electron chi connectivity index (χ2n) is 9.50. The maximum absolute atomic E-state index is 12.8. The van der Waals surface area contributed by atoms with E-state index in [1.54, 1.807) is 11.3 Å². The molecule has 0 unspecified atom stereocenters. The van der Waals surface area contributed by atoms with Crippen LogP contribution < -0.4 is 4.74 Å². The predicted octanol–water partition coefficient (Wildman–Crippen LogP) is 4.62. The van der Waals surface area contributed by atoms with Crippen molar-refractivity contribution in [2.24, 2.45) is 0 Å². The topological polar surface area (TPSA) is 87.8 Å². The van der Waals surface area contributed by atoms with Gasteiger partial charge >= 0.3 is 6.18 Å². The van der Waals surface area contributed by atoms with Crippen LogP contribution in [0.15, 0.2) is 47.0 Å². The number of nitrogens with zero attached hydrogens (tertiary/aromatic N) is 5. The molecule has 0 spiro atoms. The number of benzene rings is 2. The average molecular weight is 548 g/mol. The first-order valence-electron chi connectivity index (χ1n) is 12.3. The van der Waals surface area contributed by atoms with E-state index in [-0.39, 0.29) is 18.5 Å². The number of ether oxygens (including phenoxy) is 1. The molecular weight excluding hydrogens is 519 g/mol. The third-order valence-electron chi connectivity index (χ3n) is 6.50. The van der Waals surface area contributed by atoms with E-state index in [1.807, 2.05) is 25.1 Å². The number of aliphatic hydroxyl groups is 1. The Bertz CT molecular complexity index is 1370. The summed E-state index contributed by atoms with van der Waals surface area (Å²) in [4.78, 5) is 13.3. The summed E-state index contributed by atoms with van der Waals surface area (Å²) in [5, 5.41) is 15.6. The van der Waals surface area contributed by atoms with Crippen LogP contribution in [0.1, 0.15) is 23.3 Å². The van der Waals surface area contributed by atoms with E-state index < -0.39 is 17.8 Å². The number of thiazole rings is 1. The highest BCUT2D eigenvalue weighted by Crippen LogP contribution is 2.31. The van der Waals surface area contributed by atoms with Gasteiger partial charge in [-0.3, -0.25) is 9.80 Å². The van der Waals surface area contributed by atoms with Crippen LogP contribution in [0.4, 0.5) is 13.2 Å². The molecule has 1 aliphatic heterocycles. The largest absolute Gasteiger partial charge is 0.491 e. The molecular formula is C26H28F3N5O3S. The number of aromatic nitrogens is 3. The highest BCUT2D eigenvalue weighted by Gasteiger charge is 2.30. The number of hydrogen-bond acceptors (Lipinski definition) is 9. The van der Waals surface area contributed by atoms with E-state index in [9.17, 15) is 18.3 Å². The van der Waals surface area contributed by atoms with E-state index in [1.165, 1.54) is 12.1 Å². The molecule has 12 heteroatoms. The number of halogens is 3. The lowest BCUT2D eigenvalue weighted by Gasteiger charge is -2.39. The standard InChI is InChI=1S/C26H28F3N5O3S/c1-16-12-33(13-20(35)15-36-21-7-8-23-22(11-21)30-17(2)38-23)9-10-34(16)14-24-31-25(37-32-24)18-3-5-19(6-4-18)26(27,28)29/h3-8,11,16,20,35H,9-10,12-15H2,1-2H3/t16-,20+/m0/s1. The molecule has 2 atom stereocenters. The van der Waals surface area contributed by atoms with Crippen LogP contribution in [0, 0.1) is 6.92 Å². The molecule has 0 amide bonds. The van der Waals surface area contributed by atoms with Gasteiger partial charge < -0.3 is 14.4 Å². The number of alkyl halides is 3. The maximum Gasteiger partial charge on any atom is 0.416 e. The van der Waals surface area contributed by atoms with Gasteiger partial charge in [-0.15, -0.1) is 11.3 Å². The highest BCUT2D eigenvalue weighted by atomic mass is 32.1. The van der Waals surface area contributed by atoms with Crippen LogP contribution in [0.2, 0.25) is 0 Å². The summed E-state index contributed by atoms with van der Waals surface area (Å²) in [7, 11) is 0. The molecule has 2 aromatic carbocycles. The van der Waals surface area contributed by atoms with Crippen molar-refractivity contribution in [2.45, 2.75) is 38.7 Å². The summed E-state index contributed by atoms with van der Waals surface area (Å²) in [6.07, 6.45) is -5.03. The zero-order valence-corrected chi connectivity index (χ0v) is 21.8. The minimum Gasteiger partial charge on any atom is -0.491 e. The Morgan fingerprint density at radius 2 is 1.95 bits per heavy atom. The molecule has 0 saturated carbocycles. The molecule has 0 radical (unpaired) electrons. The minimum atomic E-state index is -4.39. The smallest absolute Gasteiger partial charge is 0.416 e. The summed E-state index contributed by atoms with van der Waals surface area (Å²) in [5.74, 6) is 1.35. The molecule has 1 saturated heterocycles. The fourth-order valence-electron chi connectivity index (χ4n) is 4.55. The van der Waals surface area contributed by atoms with Crippen LogP contribution in [0.5, 0.6) is 5.75 Å². The van der Waals surface area contributed by atoms with Gasteiger partial charge in [-0.1, -0.05) is 5.16 Å². The van der Waals surface area contributed by atoms with Gasteiger partial charge in [0, 0.05) is 43.9 Å². The van der Waals surface area contributed by atoms with Crippen molar-refractivity contribution < 1.29 is 27.5 Å². The highest BCUT2D eigenvalue weighted by molar-refractivity contribution is 7.18. The van der Waals surface area contributed by atoms with Crippen LogP contribution in [0.25, 0.3) is 21.7 Å². The lowest BCUT2D eigenvalue weighted by Crippen LogP contribution is -2.53. The molecule has 38 heavy (non-hydrogen) atoms. The maximum atomic E-state index is 12.8. The van der Waals surface area contributed by atoms with E-state index >= 15 is 0 Å². The van der Waals surface area contributed by atoms with Crippen molar-refractivity contribution in [1.82, 2.24) is 24.9 Å². The zero-order chi connectivity index (χ0) is 26.9. The molecule has 1 aliphatic rings. The third-order valence-corrected chi connectivity index (χ3v) is 7.45. The quantitative estimate of drug-likeness (QED) is 0.342. The van der Waals surface area contributed by atoms with Gasteiger partial charge in [-0.05, 0) is 50.2 Å². The van der Waals surface area contributed by atoms with Crippen molar-refractivity contribution in [3.8, 4) is 17.2 Å². The average Bonchev–Trinajstić information content (AvgIpc) is 3.49. The molecule has 4 aromatic rings. The van der Waals surface area contributed by atoms with Gasteiger partial charge in [-0.25, -0.2) is 4.98 Å².